The Bertz CT molecular complexity index is 999. The lowest BCUT2D eigenvalue weighted by atomic mass is 9.89. The zero-order valence-corrected chi connectivity index (χ0v) is 17.5. The summed E-state index contributed by atoms with van der Waals surface area (Å²) in [6, 6.07) is 8.72. The van der Waals surface area contributed by atoms with Gasteiger partial charge in [-0.3, -0.25) is 0 Å². The number of halogens is 1. The van der Waals surface area contributed by atoms with Crippen molar-refractivity contribution in [3.05, 3.63) is 75.7 Å². The fraction of sp³-hybridized carbons (Fsp3) is 0.304. The summed E-state index contributed by atoms with van der Waals surface area (Å²) in [6.45, 7) is 7.81. The van der Waals surface area contributed by atoms with Crippen molar-refractivity contribution in [2.75, 3.05) is 6.61 Å². The molecule has 1 atom stereocenters. The maximum atomic E-state index is 13.1. The Balaban J connectivity index is 1.94. The molecule has 2 N–H and O–H groups in total. The fourth-order valence-electron chi connectivity index (χ4n) is 3.48. The van der Waals surface area contributed by atoms with E-state index >= 15 is 0 Å². The molecule has 0 saturated heterocycles. The number of nitrogens with one attached hydrogen (secondary N) is 2. The van der Waals surface area contributed by atoms with Crippen LogP contribution >= 0.6 is 0 Å². The first-order valence-electron chi connectivity index (χ1n) is 9.74. The summed E-state index contributed by atoms with van der Waals surface area (Å²) in [4.78, 5) is 24.7. The highest BCUT2D eigenvalue weighted by molar-refractivity contribution is 5.95. The van der Waals surface area contributed by atoms with E-state index in [0.29, 0.717) is 17.0 Å². The Labute approximate surface area is 175 Å². The van der Waals surface area contributed by atoms with E-state index in [2.05, 4.69) is 10.6 Å². The Morgan fingerprint density at radius 3 is 2.47 bits per heavy atom. The van der Waals surface area contributed by atoms with Crippen LogP contribution in [0.2, 0.25) is 0 Å². The average Bonchev–Trinajstić information content (AvgIpc) is 2.68. The number of allylic oxidation sites excluding steroid dienone is 1. The van der Waals surface area contributed by atoms with Gasteiger partial charge in [0, 0.05) is 5.70 Å². The molecule has 1 heterocycles. The van der Waals surface area contributed by atoms with Crippen molar-refractivity contribution < 1.29 is 23.5 Å². The predicted octanol–water partition coefficient (Wildman–Crippen LogP) is 4.21. The summed E-state index contributed by atoms with van der Waals surface area (Å²) in [6.07, 6.45) is 0. The van der Waals surface area contributed by atoms with Gasteiger partial charge < -0.3 is 20.1 Å². The molecule has 0 saturated carbocycles. The predicted molar refractivity (Wildman–Crippen MR) is 110 cm³/mol. The second-order valence-electron chi connectivity index (χ2n) is 7.17. The van der Waals surface area contributed by atoms with Gasteiger partial charge >= 0.3 is 12.0 Å². The molecule has 0 aliphatic carbocycles. The highest BCUT2D eigenvalue weighted by Gasteiger charge is 2.33. The quantitative estimate of drug-likeness (QED) is 0.697. The Kier molecular flexibility index (Phi) is 6.40. The molecule has 1 aliphatic heterocycles. The molecule has 158 valence electrons. The minimum atomic E-state index is -0.636. The van der Waals surface area contributed by atoms with E-state index in [1.54, 1.807) is 26.0 Å². The van der Waals surface area contributed by atoms with Crippen LogP contribution in [-0.4, -0.2) is 18.6 Å². The van der Waals surface area contributed by atoms with Crippen molar-refractivity contribution in [3.63, 3.8) is 0 Å². The molecule has 1 unspecified atom stereocenters. The number of hydrogen-bond acceptors (Lipinski definition) is 4. The van der Waals surface area contributed by atoms with Gasteiger partial charge in [0.15, 0.2) is 0 Å². The lowest BCUT2D eigenvalue weighted by molar-refractivity contribution is -0.139. The lowest BCUT2D eigenvalue weighted by Gasteiger charge is -2.29. The van der Waals surface area contributed by atoms with Crippen LogP contribution in [0.15, 0.2) is 47.7 Å². The molecule has 0 fully saturated rings. The van der Waals surface area contributed by atoms with Crippen molar-refractivity contribution in [2.24, 2.45) is 0 Å². The SMILES string of the molecule is CCOC(=O)C1=C(C)NC(=O)NC1c1cc(COc2ccc(F)cc2)c(C)cc1C. The van der Waals surface area contributed by atoms with Gasteiger partial charge in [0.1, 0.15) is 18.2 Å². The highest BCUT2D eigenvalue weighted by Crippen LogP contribution is 2.32. The zero-order chi connectivity index (χ0) is 21.8. The number of rotatable bonds is 6. The van der Waals surface area contributed by atoms with Gasteiger partial charge in [-0.2, -0.15) is 0 Å². The number of benzene rings is 2. The van der Waals surface area contributed by atoms with Crippen LogP contribution in [-0.2, 0) is 16.1 Å². The van der Waals surface area contributed by atoms with Crippen LogP contribution in [0.3, 0.4) is 0 Å². The molecule has 0 spiro atoms. The molecule has 6 nitrogen and oxygen atoms in total. The molecule has 1 aliphatic rings. The van der Waals surface area contributed by atoms with Crippen LogP contribution in [0.5, 0.6) is 5.75 Å². The Hall–Kier alpha value is -3.35. The number of urea groups is 1. The number of ether oxygens (including phenoxy) is 2. The van der Waals surface area contributed by atoms with Gasteiger partial charge in [-0.25, -0.2) is 14.0 Å². The van der Waals surface area contributed by atoms with Crippen molar-refractivity contribution in [3.8, 4) is 5.75 Å². The maximum Gasteiger partial charge on any atom is 0.338 e. The molecule has 2 aromatic rings. The van der Waals surface area contributed by atoms with E-state index in [4.69, 9.17) is 9.47 Å². The van der Waals surface area contributed by atoms with Gasteiger partial charge in [-0.15, -0.1) is 0 Å². The van der Waals surface area contributed by atoms with Gasteiger partial charge in [0.25, 0.3) is 0 Å². The van der Waals surface area contributed by atoms with E-state index in [-0.39, 0.29) is 25.1 Å². The summed E-state index contributed by atoms with van der Waals surface area (Å²) in [5.74, 6) is -0.251. The molecular weight excluding hydrogens is 387 g/mol. The minimum Gasteiger partial charge on any atom is -0.489 e. The second-order valence-corrected chi connectivity index (χ2v) is 7.17. The molecule has 3 rings (SSSR count). The van der Waals surface area contributed by atoms with Crippen LogP contribution in [0, 0.1) is 19.7 Å². The van der Waals surface area contributed by atoms with E-state index < -0.39 is 12.0 Å². The van der Waals surface area contributed by atoms with E-state index in [1.165, 1.54) is 12.1 Å². The monoisotopic (exact) mass is 412 g/mol. The number of hydrogen-bond donors (Lipinski definition) is 2. The zero-order valence-electron chi connectivity index (χ0n) is 17.5. The van der Waals surface area contributed by atoms with Crippen molar-refractivity contribution in [1.82, 2.24) is 10.6 Å². The summed E-state index contributed by atoms with van der Waals surface area (Å²) in [5, 5.41) is 5.47. The smallest absolute Gasteiger partial charge is 0.338 e. The maximum absolute atomic E-state index is 13.1. The number of amides is 2. The first-order valence-corrected chi connectivity index (χ1v) is 9.74. The standard InChI is InChI=1S/C23H25FN2O4/c1-5-29-22(27)20-15(4)25-23(28)26-21(20)19-11-16(13(2)10-14(19)3)12-30-18-8-6-17(24)7-9-18/h6-11,21H,5,12H2,1-4H3,(H2,25,26,28). The molecule has 7 heteroatoms. The highest BCUT2D eigenvalue weighted by atomic mass is 19.1. The molecule has 0 radical (unpaired) electrons. The van der Waals surface area contributed by atoms with Gasteiger partial charge in [0.05, 0.1) is 18.2 Å². The third-order valence-corrected chi connectivity index (χ3v) is 5.01. The molecule has 30 heavy (non-hydrogen) atoms. The lowest BCUT2D eigenvalue weighted by Crippen LogP contribution is -2.45. The van der Waals surface area contributed by atoms with Gasteiger partial charge in [-0.1, -0.05) is 6.07 Å². The third kappa shape index (κ3) is 4.62. The molecular formula is C23H25FN2O4. The van der Waals surface area contributed by atoms with Crippen molar-refractivity contribution >= 4 is 12.0 Å². The third-order valence-electron chi connectivity index (χ3n) is 5.01. The average molecular weight is 412 g/mol. The largest absolute Gasteiger partial charge is 0.489 e. The topological polar surface area (TPSA) is 76.7 Å². The summed E-state index contributed by atoms with van der Waals surface area (Å²) in [5.41, 5.74) is 4.46. The second kappa shape index (κ2) is 8.98. The molecule has 0 aromatic heterocycles. The van der Waals surface area contributed by atoms with E-state index in [1.807, 2.05) is 26.0 Å². The molecule has 2 aromatic carbocycles. The normalized spacial score (nSPS) is 16.0. The van der Waals surface area contributed by atoms with Crippen LogP contribution < -0.4 is 15.4 Å². The number of carbonyl (C=O) groups is 2. The minimum absolute atomic E-state index is 0.236. The Morgan fingerprint density at radius 2 is 1.80 bits per heavy atom. The van der Waals surface area contributed by atoms with E-state index in [9.17, 15) is 14.0 Å². The number of aryl methyl sites for hydroxylation is 2. The van der Waals surface area contributed by atoms with Gasteiger partial charge in [-0.05, 0) is 80.3 Å². The number of carbonyl (C=O) groups excluding carboxylic acids is 2. The van der Waals surface area contributed by atoms with Crippen LogP contribution in [0.1, 0.15) is 42.1 Å². The van der Waals surface area contributed by atoms with Gasteiger partial charge in [0.2, 0.25) is 0 Å². The molecule has 0 bridgehead atoms. The van der Waals surface area contributed by atoms with Crippen molar-refractivity contribution in [1.29, 1.82) is 0 Å². The Morgan fingerprint density at radius 1 is 1.10 bits per heavy atom. The van der Waals surface area contributed by atoms with Crippen LogP contribution in [0.4, 0.5) is 9.18 Å². The van der Waals surface area contributed by atoms with Crippen molar-refractivity contribution in [2.45, 2.75) is 40.3 Å². The van der Waals surface area contributed by atoms with Crippen LogP contribution in [0.25, 0.3) is 0 Å². The number of esters is 1. The summed E-state index contributed by atoms with van der Waals surface area (Å²) in [7, 11) is 0. The molecule has 2 amide bonds. The first kappa shape index (κ1) is 21.4. The first-order chi connectivity index (χ1) is 14.3. The summed E-state index contributed by atoms with van der Waals surface area (Å²) < 4.78 is 24.1. The fourth-order valence-corrected chi connectivity index (χ4v) is 3.48. The summed E-state index contributed by atoms with van der Waals surface area (Å²) >= 11 is 0. The van der Waals surface area contributed by atoms with E-state index in [0.717, 1.165) is 22.3 Å².